The van der Waals surface area contributed by atoms with Gasteiger partial charge in [0.2, 0.25) is 5.78 Å². The van der Waals surface area contributed by atoms with Crippen molar-refractivity contribution in [2.75, 3.05) is 0 Å². The standard InChI is InChI=1S/C6H3Cl4NO/c7-3-1-4(11-2-3)5(12)6(8,9)10/h1-2,11H. The predicted octanol–water partition coefficient (Wildman–Crippen LogP) is 3.22. The van der Waals surface area contributed by atoms with Crippen molar-refractivity contribution in [3.8, 4) is 0 Å². The molecule has 6 heteroatoms. The summed E-state index contributed by atoms with van der Waals surface area (Å²) >= 11 is 21.6. The molecular formula is C6H3Cl4NO. The van der Waals surface area contributed by atoms with Crippen molar-refractivity contribution in [1.82, 2.24) is 4.98 Å². The van der Waals surface area contributed by atoms with Gasteiger partial charge in [0.1, 0.15) is 0 Å². The molecule has 0 aliphatic heterocycles. The second-order valence-electron chi connectivity index (χ2n) is 2.06. The largest absolute Gasteiger partial charge is 0.357 e. The summed E-state index contributed by atoms with van der Waals surface area (Å²) in [6.45, 7) is 0. The zero-order valence-electron chi connectivity index (χ0n) is 5.57. The molecule has 1 N–H and O–H groups in total. The second-order valence-corrected chi connectivity index (χ2v) is 4.78. The average Bonchev–Trinajstić information content (AvgIpc) is 2.32. The van der Waals surface area contributed by atoms with Gasteiger partial charge in [0.15, 0.2) is 0 Å². The lowest BCUT2D eigenvalue weighted by molar-refractivity contribution is 0.0992. The molecule has 1 aromatic heterocycles. The van der Waals surface area contributed by atoms with Crippen LogP contribution in [0.5, 0.6) is 0 Å². The Morgan fingerprint density at radius 2 is 2.00 bits per heavy atom. The topological polar surface area (TPSA) is 32.9 Å². The highest BCUT2D eigenvalue weighted by molar-refractivity contribution is 6.77. The van der Waals surface area contributed by atoms with E-state index in [1.165, 1.54) is 12.3 Å². The Balaban J connectivity index is 2.93. The number of hydrogen-bond acceptors (Lipinski definition) is 1. The normalized spacial score (nSPS) is 11.7. The molecular weight excluding hydrogens is 244 g/mol. The summed E-state index contributed by atoms with van der Waals surface area (Å²) in [4.78, 5) is 13.8. The van der Waals surface area contributed by atoms with Gasteiger partial charge >= 0.3 is 0 Å². The third-order valence-corrected chi connectivity index (χ3v) is 1.88. The van der Waals surface area contributed by atoms with Crippen molar-refractivity contribution >= 4 is 52.2 Å². The average molecular weight is 247 g/mol. The zero-order valence-corrected chi connectivity index (χ0v) is 8.60. The van der Waals surface area contributed by atoms with Crippen molar-refractivity contribution in [2.24, 2.45) is 0 Å². The van der Waals surface area contributed by atoms with Gasteiger partial charge in [0.05, 0.1) is 10.7 Å². The van der Waals surface area contributed by atoms with E-state index in [4.69, 9.17) is 46.4 Å². The van der Waals surface area contributed by atoms with Crippen LogP contribution in [0.4, 0.5) is 0 Å². The fourth-order valence-electron chi connectivity index (χ4n) is 0.652. The first kappa shape index (κ1) is 10.2. The quantitative estimate of drug-likeness (QED) is 0.599. The monoisotopic (exact) mass is 245 g/mol. The minimum absolute atomic E-state index is 0.181. The van der Waals surface area contributed by atoms with E-state index in [1.807, 2.05) is 0 Å². The maximum atomic E-state index is 11.2. The first-order chi connectivity index (χ1) is 5.41. The number of aromatic nitrogens is 1. The van der Waals surface area contributed by atoms with Crippen LogP contribution in [-0.4, -0.2) is 14.6 Å². The molecule has 0 fully saturated rings. The lowest BCUT2D eigenvalue weighted by Gasteiger charge is -2.06. The van der Waals surface area contributed by atoms with Gasteiger partial charge in [-0.05, 0) is 6.07 Å². The van der Waals surface area contributed by atoms with Crippen molar-refractivity contribution in [3.63, 3.8) is 0 Å². The van der Waals surface area contributed by atoms with Crippen molar-refractivity contribution in [1.29, 1.82) is 0 Å². The van der Waals surface area contributed by atoms with E-state index >= 15 is 0 Å². The van der Waals surface area contributed by atoms with E-state index in [2.05, 4.69) is 4.98 Å². The molecule has 0 aromatic carbocycles. The fraction of sp³-hybridized carbons (Fsp3) is 0.167. The molecule has 1 heterocycles. The Morgan fingerprint density at radius 1 is 1.42 bits per heavy atom. The summed E-state index contributed by atoms with van der Waals surface area (Å²) in [5.74, 6) is -0.626. The van der Waals surface area contributed by atoms with Crippen molar-refractivity contribution in [2.45, 2.75) is 3.79 Å². The smallest absolute Gasteiger partial charge is 0.254 e. The summed E-state index contributed by atoms with van der Waals surface area (Å²) < 4.78 is -1.94. The zero-order chi connectivity index (χ0) is 9.35. The van der Waals surface area contributed by atoms with Gasteiger partial charge in [-0.1, -0.05) is 46.4 Å². The van der Waals surface area contributed by atoms with Crippen LogP contribution < -0.4 is 0 Å². The molecule has 66 valence electrons. The molecule has 0 saturated heterocycles. The molecule has 0 saturated carbocycles. The number of carbonyl (C=O) groups is 1. The molecule has 0 spiro atoms. The molecule has 1 aromatic rings. The highest BCUT2D eigenvalue weighted by atomic mass is 35.6. The number of ketones is 1. The van der Waals surface area contributed by atoms with Gasteiger partial charge < -0.3 is 4.98 Å². The van der Waals surface area contributed by atoms with Crippen molar-refractivity contribution < 1.29 is 4.79 Å². The molecule has 1 rings (SSSR count). The van der Waals surface area contributed by atoms with Crippen LogP contribution in [0, 0.1) is 0 Å². The van der Waals surface area contributed by atoms with Crippen LogP contribution in [0.1, 0.15) is 10.5 Å². The van der Waals surface area contributed by atoms with E-state index in [-0.39, 0.29) is 5.69 Å². The van der Waals surface area contributed by atoms with Crippen LogP contribution in [0.15, 0.2) is 12.3 Å². The second kappa shape index (κ2) is 3.46. The van der Waals surface area contributed by atoms with Crippen LogP contribution in [0.25, 0.3) is 0 Å². The SMILES string of the molecule is O=C(c1cc(Cl)c[nH]1)C(Cl)(Cl)Cl. The number of aromatic amines is 1. The highest BCUT2D eigenvalue weighted by Gasteiger charge is 2.32. The molecule has 2 nitrogen and oxygen atoms in total. The Labute approximate surface area is 88.7 Å². The summed E-state index contributed by atoms with van der Waals surface area (Å²) in [7, 11) is 0. The molecule has 0 atom stereocenters. The molecule has 12 heavy (non-hydrogen) atoms. The molecule has 0 aliphatic carbocycles. The third kappa shape index (κ3) is 2.30. The number of alkyl halides is 3. The summed E-state index contributed by atoms with van der Waals surface area (Å²) in [6.07, 6.45) is 1.44. The maximum absolute atomic E-state index is 11.2. The minimum atomic E-state index is -1.94. The number of rotatable bonds is 1. The minimum Gasteiger partial charge on any atom is -0.357 e. The summed E-state index contributed by atoms with van der Waals surface area (Å²) in [5, 5.41) is 0.396. The van der Waals surface area contributed by atoms with Crippen molar-refractivity contribution in [3.05, 3.63) is 23.0 Å². The number of halogens is 4. The van der Waals surface area contributed by atoms with Crippen LogP contribution in [0.3, 0.4) is 0 Å². The van der Waals surface area contributed by atoms with E-state index in [0.29, 0.717) is 5.02 Å². The number of carbonyl (C=O) groups excluding carboxylic acids is 1. The van der Waals surface area contributed by atoms with Gasteiger partial charge in [-0.15, -0.1) is 0 Å². The Kier molecular flexibility index (Phi) is 2.94. The Morgan fingerprint density at radius 3 is 2.33 bits per heavy atom. The van der Waals surface area contributed by atoms with Gasteiger partial charge in [-0.3, -0.25) is 4.79 Å². The first-order valence-electron chi connectivity index (χ1n) is 2.86. The first-order valence-corrected chi connectivity index (χ1v) is 4.38. The molecule has 0 radical (unpaired) electrons. The summed E-state index contributed by atoms with van der Waals surface area (Å²) in [5.41, 5.74) is 0.181. The lowest BCUT2D eigenvalue weighted by Crippen LogP contribution is -2.18. The predicted molar refractivity (Wildman–Crippen MR) is 50.4 cm³/mol. The van der Waals surface area contributed by atoms with E-state index in [9.17, 15) is 4.79 Å². The van der Waals surface area contributed by atoms with Gasteiger partial charge in [-0.25, -0.2) is 0 Å². The number of Topliss-reactive ketones (excluding diaryl/α,β-unsaturated/α-hetero) is 1. The highest BCUT2D eigenvalue weighted by Crippen LogP contribution is 2.30. The lowest BCUT2D eigenvalue weighted by atomic mass is 10.3. The molecule has 0 amide bonds. The van der Waals surface area contributed by atoms with E-state index in [0.717, 1.165) is 0 Å². The van der Waals surface area contributed by atoms with Gasteiger partial charge in [-0.2, -0.15) is 0 Å². The number of H-pyrrole nitrogens is 1. The summed E-state index contributed by atoms with van der Waals surface area (Å²) in [6, 6.07) is 1.39. The van der Waals surface area contributed by atoms with E-state index in [1.54, 1.807) is 0 Å². The number of nitrogens with one attached hydrogen (secondary N) is 1. The van der Waals surface area contributed by atoms with Crippen LogP contribution in [0.2, 0.25) is 5.02 Å². The third-order valence-electron chi connectivity index (χ3n) is 1.15. The van der Waals surface area contributed by atoms with E-state index < -0.39 is 9.58 Å². The molecule has 0 unspecified atom stereocenters. The van der Waals surface area contributed by atoms with Crippen LogP contribution >= 0.6 is 46.4 Å². The Bertz CT molecular complexity index is 301. The fourth-order valence-corrected chi connectivity index (χ4v) is 1.12. The number of hydrogen-bond donors (Lipinski definition) is 1. The van der Waals surface area contributed by atoms with Gasteiger partial charge in [0, 0.05) is 6.20 Å². The van der Waals surface area contributed by atoms with Crippen LogP contribution in [-0.2, 0) is 0 Å². The van der Waals surface area contributed by atoms with Gasteiger partial charge in [0.25, 0.3) is 3.79 Å². The maximum Gasteiger partial charge on any atom is 0.254 e. The molecule has 0 bridgehead atoms. The molecule has 0 aliphatic rings. The Hall–Kier alpha value is 0.110.